The summed E-state index contributed by atoms with van der Waals surface area (Å²) in [6.45, 7) is 0. The van der Waals surface area contributed by atoms with Crippen molar-refractivity contribution in [2.45, 2.75) is 0 Å². The van der Waals surface area contributed by atoms with Crippen LogP contribution in [0, 0.1) is 0 Å². The van der Waals surface area contributed by atoms with E-state index >= 15 is 0 Å². The summed E-state index contributed by atoms with van der Waals surface area (Å²) in [6.07, 6.45) is 0. The Morgan fingerprint density at radius 2 is 0.260 bits per heavy atom. The minimum atomic E-state index is 0.801. The van der Waals surface area contributed by atoms with Gasteiger partial charge in [0, 0.05) is 102 Å². The maximum atomic E-state index is 5.54. The lowest BCUT2D eigenvalue weighted by Gasteiger charge is -2.26. The van der Waals surface area contributed by atoms with Gasteiger partial charge in [-0.2, -0.15) is 0 Å². The smallest absolute Gasteiger partial charge is 0.0781 e. The second kappa shape index (κ2) is 30.1. The predicted molar refractivity (Wildman–Crippen MR) is 420 cm³/mol. The molecule has 0 bridgehead atoms. The summed E-state index contributed by atoms with van der Waals surface area (Å²) in [4.78, 5) is 25.6. The third-order valence-corrected chi connectivity index (χ3v) is 17.5. The molecule has 0 saturated carbocycles. The number of hydrogen-bond acceptors (Lipinski definition) is 7. The third-order valence-electron chi connectivity index (χ3n) is 17.5. The molecule has 100 heavy (non-hydrogen) atoms. The molecule has 15 aromatic carbocycles. The molecule has 0 spiro atoms. The van der Waals surface area contributed by atoms with Gasteiger partial charge in [-0.05, 0) is 182 Å². The van der Waals surface area contributed by atoms with Crippen LogP contribution in [0.1, 0.15) is 33.4 Å². The Bertz CT molecular complexity index is 4460. The predicted octanol–water partition coefficient (Wildman–Crippen LogP) is 25.1. The van der Waals surface area contributed by atoms with Gasteiger partial charge in [-0.15, -0.1) is 0 Å². The van der Waals surface area contributed by atoms with Gasteiger partial charge in [0.05, 0.1) is 34.2 Å². The molecule has 7 nitrogen and oxygen atoms in total. The van der Waals surface area contributed by atoms with Crippen LogP contribution in [0.5, 0.6) is 0 Å². The van der Waals surface area contributed by atoms with Gasteiger partial charge in [-0.3, -0.25) is 0 Å². The molecule has 0 heterocycles. The van der Waals surface area contributed by atoms with Crippen molar-refractivity contribution in [3.63, 3.8) is 0 Å². The van der Waals surface area contributed by atoms with Gasteiger partial charge >= 0.3 is 0 Å². The number of benzene rings is 15. The van der Waals surface area contributed by atoms with Crippen molar-refractivity contribution in [1.29, 1.82) is 0 Å². The fourth-order valence-electron chi connectivity index (χ4n) is 12.6. The van der Waals surface area contributed by atoms with Crippen LogP contribution in [0.2, 0.25) is 0 Å². The first-order chi connectivity index (χ1) is 49.6. The van der Waals surface area contributed by atoms with Crippen molar-refractivity contribution >= 4 is 102 Å². The molecule has 0 aliphatic rings. The maximum Gasteiger partial charge on any atom is 0.0781 e. The Balaban J connectivity index is 0.788. The van der Waals surface area contributed by atoms with Crippen molar-refractivity contribution in [1.82, 2.24) is 0 Å². The molecule has 0 saturated heterocycles. The fourth-order valence-corrected chi connectivity index (χ4v) is 12.6. The zero-order chi connectivity index (χ0) is 67.1. The summed E-state index contributed by atoms with van der Waals surface area (Å²) < 4.78 is 0. The Kier molecular flexibility index (Phi) is 18.8. The van der Waals surface area contributed by atoms with Crippen LogP contribution in [-0.2, 0) is 0 Å². The molecule has 0 fully saturated rings. The highest BCUT2D eigenvalue weighted by Crippen LogP contribution is 2.40. The fraction of sp³-hybridized carbons (Fsp3) is 0. The topological polar surface area (TPSA) is 50.0 Å². The highest BCUT2D eigenvalue weighted by molar-refractivity contribution is 6.17. The largest absolute Gasteiger partial charge is 0.311 e. The van der Waals surface area contributed by atoms with Gasteiger partial charge in [0.15, 0.2) is 0 Å². The summed E-state index contributed by atoms with van der Waals surface area (Å²) in [5.41, 5.74) is 23.5. The van der Waals surface area contributed by atoms with Crippen LogP contribution >= 0.6 is 0 Å². The van der Waals surface area contributed by atoms with Crippen LogP contribution in [0.25, 0.3) is 0 Å². The number of hydrogen-bond donors (Lipinski definition) is 0. The molecule has 0 aromatic heterocycles. The number of rotatable bonds is 21. The third kappa shape index (κ3) is 14.4. The average Bonchev–Trinajstić information content (AvgIpc) is 0.813. The van der Waals surface area contributed by atoms with Crippen LogP contribution in [0.15, 0.2) is 434 Å². The quantitative estimate of drug-likeness (QED) is 0.0673. The van der Waals surface area contributed by atoms with E-state index in [-0.39, 0.29) is 0 Å². The molecule has 0 unspecified atom stereocenters. The number of aliphatic imine (C=N–C) groups is 3. The number of para-hydroxylation sites is 9. The molecule has 476 valence electrons. The standard InChI is InChI=1S/C93H69N7/c1-10-28-76(29-11-1)94-91(70-46-58-77(59-47-70)95-92(72-50-62-87(63-51-72)97(79-30-12-2-13-31-79)80-32-14-3-15-33-80)73-52-64-88(65-53-73)98(81-34-16-4-17-35-81)82-36-18-5-19-37-82)71-48-60-78(61-49-71)96-93(74-54-66-89(67-55-74)99(83-38-20-6-21-39-83)84-40-22-7-23-41-84)75-56-68-90(69-57-75)100(85-42-24-8-25-43-85)86-44-26-9-27-45-86/h1-69H. The van der Waals surface area contributed by atoms with Gasteiger partial charge in [0.25, 0.3) is 0 Å². The van der Waals surface area contributed by atoms with Crippen molar-refractivity contribution in [3.8, 4) is 0 Å². The second-order valence-corrected chi connectivity index (χ2v) is 24.0. The normalized spacial score (nSPS) is 10.8. The maximum absolute atomic E-state index is 5.54. The summed E-state index contributed by atoms with van der Waals surface area (Å²) in [5, 5.41) is 0. The first-order valence-corrected chi connectivity index (χ1v) is 33.6. The summed E-state index contributed by atoms with van der Waals surface area (Å²) in [6, 6.07) is 146. The number of nitrogens with zero attached hydrogens (tertiary/aromatic N) is 7. The highest BCUT2D eigenvalue weighted by Gasteiger charge is 2.20. The van der Waals surface area contributed by atoms with Gasteiger partial charge in [0.1, 0.15) is 0 Å². The van der Waals surface area contributed by atoms with Crippen molar-refractivity contribution in [3.05, 3.63) is 452 Å². The molecule has 0 atom stereocenters. The van der Waals surface area contributed by atoms with Crippen molar-refractivity contribution in [2.24, 2.45) is 15.0 Å². The van der Waals surface area contributed by atoms with E-state index in [1.807, 2.05) is 30.3 Å². The van der Waals surface area contributed by atoms with Crippen molar-refractivity contribution < 1.29 is 0 Å². The first kappa shape index (κ1) is 62.6. The van der Waals surface area contributed by atoms with Gasteiger partial charge in [0.2, 0.25) is 0 Å². The van der Waals surface area contributed by atoms with Crippen LogP contribution in [0.4, 0.5) is 85.3 Å². The lowest BCUT2D eigenvalue weighted by molar-refractivity contribution is 1.28. The minimum absolute atomic E-state index is 0.801. The Hall–Kier alpha value is -13.5. The van der Waals surface area contributed by atoms with E-state index in [0.717, 1.165) is 136 Å². The lowest BCUT2D eigenvalue weighted by atomic mass is 9.99. The molecular formula is C93H69N7. The van der Waals surface area contributed by atoms with E-state index in [0.29, 0.717) is 0 Å². The Morgan fingerprint density at radius 1 is 0.130 bits per heavy atom. The zero-order valence-electron chi connectivity index (χ0n) is 55.0. The molecule has 0 radical (unpaired) electrons. The molecule has 7 heteroatoms. The van der Waals surface area contributed by atoms with E-state index in [1.165, 1.54) is 0 Å². The van der Waals surface area contributed by atoms with Gasteiger partial charge in [-0.1, -0.05) is 237 Å². The minimum Gasteiger partial charge on any atom is -0.311 e. The van der Waals surface area contributed by atoms with Crippen LogP contribution in [-0.4, -0.2) is 17.1 Å². The lowest BCUT2D eigenvalue weighted by Crippen LogP contribution is -2.11. The molecule has 0 amide bonds. The Labute approximate surface area is 585 Å². The van der Waals surface area contributed by atoms with E-state index in [2.05, 4.69) is 408 Å². The monoisotopic (exact) mass is 1280 g/mol. The molecule has 15 aromatic rings. The highest BCUT2D eigenvalue weighted by atomic mass is 15.2. The molecule has 0 aliphatic heterocycles. The van der Waals surface area contributed by atoms with E-state index in [4.69, 9.17) is 15.0 Å². The SMILES string of the molecule is c1ccc(N=C(c2ccc(N=C(c3ccc(N(c4ccccc4)c4ccccc4)cc3)c3ccc(N(c4ccccc4)c4ccccc4)cc3)cc2)c2ccc(N=C(c3ccc(N(c4ccccc4)c4ccccc4)cc3)c3ccc(N(c4ccccc4)c4ccccc4)cc3)cc2)cc1. The number of anilines is 12. The zero-order valence-corrected chi connectivity index (χ0v) is 55.0. The van der Waals surface area contributed by atoms with E-state index < -0.39 is 0 Å². The van der Waals surface area contributed by atoms with E-state index in [9.17, 15) is 0 Å². The first-order valence-electron chi connectivity index (χ1n) is 33.6. The summed E-state index contributed by atoms with van der Waals surface area (Å²) >= 11 is 0. The Morgan fingerprint density at radius 3 is 0.430 bits per heavy atom. The van der Waals surface area contributed by atoms with Gasteiger partial charge in [-0.25, -0.2) is 15.0 Å². The molecular weight excluding hydrogens is 1220 g/mol. The average molecular weight is 1280 g/mol. The van der Waals surface area contributed by atoms with Gasteiger partial charge < -0.3 is 19.6 Å². The molecule has 15 rings (SSSR count). The van der Waals surface area contributed by atoms with Crippen molar-refractivity contribution in [2.75, 3.05) is 19.6 Å². The molecule has 0 N–H and O–H groups in total. The van der Waals surface area contributed by atoms with Crippen LogP contribution in [0.3, 0.4) is 0 Å². The van der Waals surface area contributed by atoms with Crippen LogP contribution < -0.4 is 19.6 Å². The summed E-state index contributed by atoms with van der Waals surface area (Å²) in [5.74, 6) is 0. The second-order valence-electron chi connectivity index (χ2n) is 24.0. The van der Waals surface area contributed by atoms with E-state index in [1.54, 1.807) is 0 Å². The molecule has 0 aliphatic carbocycles. The summed E-state index contributed by atoms with van der Waals surface area (Å²) in [7, 11) is 0.